The van der Waals surface area contributed by atoms with Gasteiger partial charge < -0.3 is 9.47 Å². The van der Waals surface area contributed by atoms with Gasteiger partial charge in [0.1, 0.15) is 28.7 Å². The SMILES string of the molecule is COc1cccc(OC)c1-n1c(NSC(C)C(C)c2ncc(F)cn2)nnc1-c1ccn(C)n1. The van der Waals surface area contributed by atoms with Crippen molar-refractivity contribution in [1.82, 2.24) is 34.5 Å². The number of benzene rings is 1. The van der Waals surface area contributed by atoms with Gasteiger partial charge in [-0.2, -0.15) is 5.10 Å². The van der Waals surface area contributed by atoms with E-state index in [4.69, 9.17) is 9.47 Å². The Morgan fingerprint density at radius 3 is 2.29 bits per heavy atom. The molecule has 3 aromatic heterocycles. The molecule has 1 aromatic carbocycles. The van der Waals surface area contributed by atoms with Crippen LogP contribution in [0.4, 0.5) is 10.3 Å². The van der Waals surface area contributed by atoms with Gasteiger partial charge in [0.25, 0.3) is 0 Å². The van der Waals surface area contributed by atoms with Crippen LogP contribution in [0.15, 0.2) is 42.9 Å². The fraction of sp³-hybridized carbons (Fsp3) is 0.318. The quantitative estimate of drug-likeness (QED) is 0.355. The first-order chi connectivity index (χ1) is 16.4. The molecule has 12 heteroatoms. The Balaban J connectivity index is 1.70. The van der Waals surface area contributed by atoms with E-state index in [0.717, 1.165) is 0 Å². The van der Waals surface area contributed by atoms with Gasteiger partial charge in [-0.05, 0) is 30.1 Å². The lowest BCUT2D eigenvalue weighted by molar-refractivity contribution is 0.391. The highest BCUT2D eigenvalue weighted by Crippen LogP contribution is 2.38. The Hall–Kier alpha value is -3.67. The van der Waals surface area contributed by atoms with Crippen LogP contribution >= 0.6 is 11.9 Å². The van der Waals surface area contributed by atoms with Gasteiger partial charge in [0.15, 0.2) is 11.6 Å². The molecule has 0 aliphatic carbocycles. The summed E-state index contributed by atoms with van der Waals surface area (Å²) in [6, 6.07) is 7.39. The first kappa shape index (κ1) is 23.5. The van der Waals surface area contributed by atoms with E-state index in [9.17, 15) is 4.39 Å². The summed E-state index contributed by atoms with van der Waals surface area (Å²) in [5.74, 6) is 2.21. The number of nitrogens with zero attached hydrogens (tertiary/aromatic N) is 7. The standard InChI is InChI=1S/C22H25FN8O2S/c1-13(20-24-11-15(23)12-25-20)14(2)34-29-22-27-26-21(16-9-10-30(3)28-16)31(22)19-17(32-4)7-6-8-18(19)33-5/h6-14H,1-5H3,(H,27,29). The molecule has 178 valence electrons. The maximum absolute atomic E-state index is 13.2. The average Bonchev–Trinajstić information content (AvgIpc) is 3.47. The normalized spacial score (nSPS) is 12.9. The molecule has 0 bridgehead atoms. The molecular formula is C22H25FN8O2S. The van der Waals surface area contributed by atoms with Gasteiger partial charge in [-0.15, -0.1) is 10.2 Å². The van der Waals surface area contributed by atoms with Crippen molar-refractivity contribution in [3.05, 3.63) is 54.5 Å². The van der Waals surface area contributed by atoms with E-state index in [2.05, 4.69) is 30.0 Å². The fourth-order valence-corrected chi connectivity index (χ4v) is 4.08. The Kier molecular flexibility index (Phi) is 6.96. The topological polar surface area (TPSA) is 105 Å². The lowest BCUT2D eigenvalue weighted by Gasteiger charge is -2.20. The van der Waals surface area contributed by atoms with Crippen molar-refractivity contribution in [3.8, 4) is 28.7 Å². The van der Waals surface area contributed by atoms with Crippen LogP contribution in [-0.4, -0.2) is 54.0 Å². The minimum atomic E-state index is -0.463. The largest absolute Gasteiger partial charge is 0.494 e. The maximum Gasteiger partial charge on any atom is 0.239 e. The molecule has 0 amide bonds. The Labute approximate surface area is 200 Å². The smallest absolute Gasteiger partial charge is 0.239 e. The van der Waals surface area contributed by atoms with Crippen molar-refractivity contribution in [2.75, 3.05) is 18.9 Å². The zero-order chi connectivity index (χ0) is 24.2. The Morgan fingerprint density at radius 1 is 1.03 bits per heavy atom. The predicted molar refractivity (Wildman–Crippen MR) is 128 cm³/mol. The number of methoxy groups -OCH3 is 2. The molecule has 34 heavy (non-hydrogen) atoms. The summed E-state index contributed by atoms with van der Waals surface area (Å²) < 4.78 is 31.3. The molecule has 0 saturated carbocycles. The zero-order valence-electron chi connectivity index (χ0n) is 19.4. The lowest BCUT2D eigenvalue weighted by Crippen LogP contribution is -2.15. The highest BCUT2D eigenvalue weighted by Gasteiger charge is 2.25. The van der Waals surface area contributed by atoms with Crippen molar-refractivity contribution in [2.24, 2.45) is 7.05 Å². The third-order valence-corrected chi connectivity index (χ3v) is 6.40. The molecular weight excluding hydrogens is 459 g/mol. The molecule has 2 atom stereocenters. The van der Waals surface area contributed by atoms with Gasteiger partial charge in [-0.1, -0.05) is 19.9 Å². The molecule has 10 nitrogen and oxygen atoms in total. The fourth-order valence-electron chi connectivity index (χ4n) is 3.33. The van der Waals surface area contributed by atoms with E-state index in [1.807, 2.05) is 55.9 Å². The minimum Gasteiger partial charge on any atom is -0.494 e. The maximum atomic E-state index is 13.2. The number of anilines is 1. The van der Waals surface area contributed by atoms with Gasteiger partial charge in [0, 0.05) is 24.4 Å². The van der Waals surface area contributed by atoms with Gasteiger partial charge in [0.2, 0.25) is 5.95 Å². The minimum absolute atomic E-state index is 0.0217. The van der Waals surface area contributed by atoms with Crippen LogP contribution < -0.4 is 14.2 Å². The Morgan fingerprint density at radius 2 is 1.71 bits per heavy atom. The van der Waals surface area contributed by atoms with Gasteiger partial charge in [0.05, 0.1) is 26.6 Å². The second kappa shape index (κ2) is 10.1. The summed E-state index contributed by atoms with van der Waals surface area (Å²) in [5.41, 5.74) is 1.28. The summed E-state index contributed by atoms with van der Waals surface area (Å²) in [4.78, 5) is 8.21. The van der Waals surface area contributed by atoms with Crippen LogP contribution in [0.3, 0.4) is 0 Å². The first-order valence-corrected chi connectivity index (χ1v) is 11.4. The second-order valence-electron chi connectivity index (χ2n) is 7.54. The average molecular weight is 485 g/mol. The Bertz CT molecular complexity index is 1240. The van der Waals surface area contributed by atoms with E-state index in [1.54, 1.807) is 18.9 Å². The first-order valence-electron chi connectivity index (χ1n) is 10.5. The highest BCUT2D eigenvalue weighted by molar-refractivity contribution is 8.01. The number of hydrogen-bond acceptors (Lipinski definition) is 9. The highest BCUT2D eigenvalue weighted by atomic mass is 32.2. The van der Waals surface area contributed by atoms with Crippen LogP contribution in [0.25, 0.3) is 17.2 Å². The zero-order valence-corrected chi connectivity index (χ0v) is 20.2. The number of aromatic nitrogens is 7. The summed E-state index contributed by atoms with van der Waals surface area (Å²) in [5, 5.41) is 13.3. The van der Waals surface area contributed by atoms with E-state index in [-0.39, 0.29) is 11.2 Å². The van der Waals surface area contributed by atoms with E-state index >= 15 is 0 Å². The molecule has 0 fully saturated rings. The van der Waals surface area contributed by atoms with E-state index in [1.165, 1.54) is 24.3 Å². The molecule has 0 radical (unpaired) electrons. The van der Waals surface area contributed by atoms with Crippen molar-refractivity contribution in [2.45, 2.75) is 25.0 Å². The van der Waals surface area contributed by atoms with Gasteiger partial charge in [-0.3, -0.25) is 14.0 Å². The molecule has 3 heterocycles. The van der Waals surface area contributed by atoms with Crippen molar-refractivity contribution in [1.29, 1.82) is 0 Å². The number of ether oxygens (including phenoxy) is 2. The molecule has 0 saturated heterocycles. The molecule has 0 spiro atoms. The van der Waals surface area contributed by atoms with Crippen LogP contribution in [0.1, 0.15) is 25.6 Å². The van der Waals surface area contributed by atoms with Gasteiger partial charge in [-0.25, -0.2) is 14.4 Å². The third-order valence-electron chi connectivity index (χ3n) is 5.32. The molecule has 0 aliphatic heterocycles. The summed E-state index contributed by atoms with van der Waals surface area (Å²) in [6.45, 7) is 4.01. The van der Waals surface area contributed by atoms with Crippen LogP contribution in [0, 0.1) is 5.82 Å². The van der Waals surface area contributed by atoms with Crippen molar-refractivity contribution >= 4 is 17.9 Å². The number of para-hydroxylation sites is 1. The lowest BCUT2D eigenvalue weighted by atomic mass is 10.1. The van der Waals surface area contributed by atoms with Crippen molar-refractivity contribution in [3.63, 3.8) is 0 Å². The molecule has 4 rings (SSSR count). The third kappa shape index (κ3) is 4.67. The number of rotatable bonds is 9. The predicted octanol–water partition coefficient (Wildman–Crippen LogP) is 3.87. The number of aryl methyl sites for hydroxylation is 1. The summed E-state index contributed by atoms with van der Waals surface area (Å²) in [7, 11) is 5.03. The molecule has 4 aromatic rings. The second-order valence-corrected chi connectivity index (χ2v) is 8.72. The van der Waals surface area contributed by atoms with E-state index in [0.29, 0.717) is 40.5 Å². The summed E-state index contributed by atoms with van der Waals surface area (Å²) in [6.07, 6.45) is 4.18. The van der Waals surface area contributed by atoms with E-state index < -0.39 is 5.82 Å². The van der Waals surface area contributed by atoms with Crippen LogP contribution in [0.5, 0.6) is 11.5 Å². The summed E-state index contributed by atoms with van der Waals surface area (Å²) >= 11 is 1.43. The monoisotopic (exact) mass is 484 g/mol. The van der Waals surface area contributed by atoms with Gasteiger partial charge >= 0.3 is 0 Å². The van der Waals surface area contributed by atoms with Crippen LogP contribution in [-0.2, 0) is 7.05 Å². The number of halogens is 1. The molecule has 0 aliphatic rings. The molecule has 1 N–H and O–H groups in total. The molecule has 2 unspecified atom stereocenters. The van der Waals surface area contributed by atoms with Crippen molar-refractivity contribution < 1.29 is 13.9 Å². The number of hydrogen-bond donors (Lipinski definition) is 1. The number of nitrogens with one attached hydrogen (secondary N) is 1. The van der Waals surface area contributed by atoms with Crippen LogP contribution in [0.2, 0.25) is 0 Å².